The third-order valence-electron chi connectivity index (χ3n) is 4.87. The summed E-state index contributed by atoms with van der Waals surface area (Å²) in [5.41, 5.74) is 2.24. The average Bonchev–Trinajstić information content (AvgIpc) is 2.73. The van der Waals surface area contributed by atoms with Gasteiger partial charge in [0.05, 0.1) is 16.2 Å². The SMILES string of the molecule is O=S(=O)(Nc1ccc(C2=NCCc3cc(C(F)(F)F)ccc32)cc1)c1ccc(Br)cc1. The molecule has 0 unspecified atom stereocenters. The Morgan fingerprint density at radius 1 is 0.935 bits per heavy atom. The summed E-state index contributed by atoms with van der Waals surface area (Å²) in [7, 11) is -3.74. The molecule has 0 bridgehead atoms. The van der Waals surface area contributed by atoms with E-state index in [9.17, 15) is 21.6 Å². The maximum Gasteiger partial charge on any atom is 0.416 e. The molecule has 1 aliphatic heterocycles. The molecule has 1 N–H and O–H groups in total. The van der Waals surface area contributed by atoms with E-state index in [0.717, 1.165) is 10.5 Å². The fourth-order valence-electron chi connectivity index (χ4n) is 3.35. The second-order valence-electron chi connectivity index (χ2n) is 6.99. The minimum atomic E-state index is -4.39. The summed E-state index contributed by atoms with van der Waals surface area (Å²) in [6.07, 6.45) is -3.95. The van der Waals surface area contributed by atoms with E-state index in [-0.39, 0.29) is 4.90 Å². The lowest BCUT2D eigenvalue weighted by Gasteiger charge is -2.19. The Kier molecular flexibility index (Phi) is 5.65. The molecule has 4 rings (SSSR count). The molecule has 31 heavy (non-hydrogen) atoms. The largest absolute Gasteiger partial charge is 0.416 e. The van der Waals surface area contributed by atoms with Crippen molar-refractivity contribution in [3.8, 4) is 0 Å². The first kappa shape index (κ1) is 21.6. The highest BCUT2D eigenvalue weighted by Crippen LogP contribution is 2.32. The van der Waals surface area contributed by atoms with Gasteiger partial charge in [-0.15, -0.1) is 0 Å². The van der Waals surface area contributed by atoms with E-state index in [1.165, 1.54) is 24.3 Å². The standard InChI is InChI=1S/C22H16BrF3N2O2S/c23-17-4-8-19(9-5-17)31(29,30)28-18-6-1-14(2-7-18)21-20-10-3-16(22(24,25)26)13-15(20)11-12-27-21/h1-10,13,28H,11-12H2. The van der Waals surface area contributed by atoms with Crippen LogP contribution in [0.3, 0.4) is 0 Å². The molecule has 1 aliphatic rings. The van der Waals surface area contributed by atoms with Gasteiger partial charge >= 0.3 is 6.18 Å². The Balaban J connectivity index is 1.58. The second-order valence-corrected chi connectivity index (χ2v) is 9.58. The van der Waals surface area contributed by atoms with E-state index in [2.05, 4.69) is 25.6 Å². The third-order valence-corrected chi connectivity index (χ3v) is 6.80. The van der Waals surface area contributed by atoms with Crippen LogP contribution >= 0.6 is 15.9 Å². The predicted molar refractivity (Wildman–Crippen MR) is 117 cm³/mol. The number of anilines is 1. The number of rotatable bonds is 4. The Morgan fingerprint density at radius 2 is 1.61 bits per heavy atom. The molecule has 0 radical (unpaired) electrons. The zero-order chi connectivity index (χ0) is 22.2. The summed E-state index contributed by atoms with van der Waals surface area (Å²) < 4.78 is 67.4. The predicted octanol–water partition coefficient (Wildman–Crippen LogP) is 5.66. The molecule has 3 aromatic carbocycles. The van der Waals surface area contributed by atoms with Crippen LogP contribution in [-0.2, 0) is 22.6 Å². The average molecular weight is 509 g/mol. The first-order valence-electron chi connectivity index (χ1n) is 9.27. The smallest absolute Gasteiger partial charge is 0.284 e. The van der Waals surface area contributed by atoms with Gasteiger partial charge < -0.3 is 0 Å². The zero-order valence-corrected chi connectivity index (χ0v) is 18.4. The highest BCUT2D eigenvalue weighted by atomic mass is 79.9. The summed E-state index contributed by atoms with van der Waals surface area (Å²) in [5.74, 6) is 0. The number of nitrogens with zero attached hydrogens (tertiary/aromatic N) is 1. The van der Waals surface area contributed by atoms with Gasteiger partial charge in [-0.05, 0) is 60.5 Å². The minimum absolute atomic E-state index is 0.130. The third kappa shape index (κ3) is 4.67. The van der Waals surface area contributed by atoms with Crippen LogP contribution in [0.15, 0.2) is 81.1 Å². The van der Waals surface area contributed by atoms with Crippen LogP contribution in [0.2, 0.25) is 0 Å². The van der Waals surface area contributed by atoms with Gasteiger partial charge in [-0.2, -0.15) is 13.2 Å². The van der Waals surface area contributed by atoms with E-state index in [0.29, 0.717) is 41.1 Å². The van der Waals surface area contributed by atoms with Crippen LogP contribution in [-0.4, -0.2) is 20.7 Å². The first-order chi connectivity index (χ1) is 14.6. The Labute approximate surface area is 186 Å². The van der Waals surface area contributed by atoms with Crippen molar-refractivity contribution in [3.63, 3.8) is 0 Å². The summed E-state index contributed by atoms with van der Waals surface area (Å²) in [5, 5.41) is 0. The van der Waals surface area contributed by atoms with Crippen molar-refractivity contribution in [2.45, 2.75) is 17.5 Å². The molecular weight excluding hydrogens is 493 g/mol. The summed E-state index contributed by atoms with van der Waals surface area (Å²) in [6, 6.07) is 16.5. The van der Waals surface area contributed by atoms with Gasteiger partial charge in [-0.25, -0.2) is 8.42 Å². The van der Waals surface area contributed by atoms with Crippen molar-refractivity contribution in [3.05, 3.63) is 93.5 Å². The van der Waals surface area contributed by atoms with Crippen LogP contribution in [0.1, 0.15) is 22.3 Å². The van der Waals surface area contributed by atoms with Gasteiger partial charge in [-0.1, -0.05) is 34.1 Å². The Morgan fingerprint density at radius 3 is 2.26 bits per heavy atom. The van der Waals surface area contributed by atoms with Crippen molar-refractivity contribution in [2.24, 2.45) is 4.99 Å². The molecule has 0 fully saturated rings. The van der Waals surface area contributed by atoms with Gasteiger partial charge in [0, 0.05) is 27.8 Å². The van der Waals surface area contributed by atoms with Gasteiger partial charge in [0.25, 0.3) is 10.0 Å². The van der Waals surface area contributed by atoms with Crippen molar-refractivity contribution in [2.75, 3.05) is 11.3 Å². The van der Waals surface area contributed by atoms with E-state index >= 15 is 0 Å². The highest BCUT2D eigenvalue weighted by molar-refractivity contribution is 9.10. The maximum absolute atomic E-state index is 13.0. The monoisotopic (exact) mass is 508 g/mol. The van der Waals surface area contributed by atoms with E-state index < -0.39 is 21.8 Å². The van der Waals surface area contributed by atoms with Gasteiger partial charge in [0.15, 0.2) is 0 Å². The topological polar surface area (TPSA) is 58.5 Å². The fourth-order valence-corrected chi connectivity index (χ4v) is 4.67. The quantitative estimate of drug-likeness (QED) is 0.494. The molecule has 4 nitrogen and oxygen atoms in total. The molecule has 0 spiro atoms. The van der Waals surface area contributed by atoms with Crippen LogP contribution in [0.25, 0.3) is 0 Å². The number of sulfonamides is 1. The van der Waals surface area contributed by atoms with E-state index in [4.69, 9.17) is 0 Å². The number of hydrogen-bond acceptors (Lipinski definition) is 3. The first-order valence-corrected chi connectivity index (χ1v) is 11.5. The number of fused-ring (bicyclic) bond motifs is 1. The summed E-state index contributed by atoms with van der Waals surface area (Å²) >= 11 is 3.27. The summed E-state index contributed by atoms with van der Waals surface area (Å²) in [4.78, 5) is 4.62. The molecule has 0 aliphatic carbocycles. The number of nitrogens with one attached hydrogen (secondary N) is 1. The van der Waals surface area contributed by atoms with Crippen LogP contribution in [0, 0.1) is 0 Å². The molecule has 0 atom stereocenters. The molecular formula is C22H16BrF3N2O2S. The maximum atomic E-state index is 13.0. The lowest BCUT2D eigenvalue weighted by atomic mass is 9.92. The molecule has 0 amide bonds. The van der Waals surface area contributed by atoms with Crippen molar-refractivity contribution < 1.29 is 21.6 Å². The Bertz CT molecular complexity index is 1250. The highest BCUT2D eigenvalue weighted by Gasteiger charge is 2.31. The second kappa shape index (κ2) is 8.12. The van der Waals surface area contributed by atoms with Gasteiger partial charge in [0.1, 0.15) is 0 Å². The Hall–Kier alpha value is -2.65. The van der Waals surface area contributed by atoms with Crippen molar-refractivity contribution in [1.29, 1.82) is 0 Å². The number of halogens is 4. The molecule has 160 valence electrons. The van der Waals surface area contributed by atoms with Gasteiger partial charge in [-0.3, -0.25) is 9.71 Å². The lowest BCUT2D eigenvalue weighted by Crippen LogP contribution is -2.16. The van der Waals surface area contributed by atoms with Crippen molar-refractivity contribution in [1.82, 2.24) is 0 Å². The van der Waals surface area contributed by atoms with Crippen LogP contribution in [0.5, 0.6) is 0 Å². The molecule has 9 heteroatoms. The molecule has 0 aromatic heterocycles. The summed E-state index contributed by atoms with van der Waals surface area (Å²) in [6.45, 7) is 0.390. The lowest BCUT2D eigenvalue weighted by molar-refractivity contribution is -0.137. The number of alkyl halides is 3. The fraction of sp³-hybridized carbons (Fsp3) is 0.136. The molecule has 0 saturated heterocycles. The van der Waals surface area contributed by atoms with E-state index in [1.54, 1.807) is 36.4 Å². The van der Waals surface area contributed by atoms with Crippen molar-refractivity contribution >= 4 is 37.4 Å². The molecule has 3 aromatic rings. The van der Waals surface area contributed by atoms with Crippen LogP contribution < -0.4 is 4.72 Å². The molecule has 0 saturated carbocycles. The number of hydrogen-bond donors (Lipinski definition) is 1. The normalized spacial score (nSPS) is 14.0. The molecule has 1 heterocycles. The minimum Gasteiger partial charge on any atom is -0.284 e. The van der Waals surface area contributed by atoms with E-state index in [1.807, 2.05) is 0 Å². The zero-order valence-electron chi connectivity index (χ0n) is 15.9. The number of benzene rings is 3. The van der Waals surface area contributed by atoms with Crippen LogP contribution in [0.4, 0.5) is 18.9 Å². The van der Waals surface area contributed by atoms with Gasteiger partial charge in [0.2, 0.25) is 0 Å². The number of aliphatic imine (C=N–C) groups is 1.